The number of aromatic nitrogens is 4. The molecule has 3 rings (SSSR count). The lowest BCUT2D eigenvalue weighted by atomic mass is 10.2. The van der Waals surface area contributed by atoms with Gasteiger partial charge < -0.3 is 5.32 Å². The number of benzene rings is 1. The quantitative estimate of drug-likeness (QED) is 0.479. The van der Waals surface area contributed by atoms with Crippen LogP contribution >= 0.6 is 23.2 Å². The van der Waals surface area contributed by atoms with Crippen molar-refractivity contribution in [2.24, 2.45) is 0 Å². The summed E-state index contributed by atoms with van der Waals surface area (Å²) >= 11 is 11.9. The molecule has 1 amide bonds. The Balaban J connectivity index is 1.68. The fraction of sp³-hybridized carbons (Fsp3) is 0.235. The summed E-state index contributed by atoms with van der Waals surface area (Å²) in [7, 11) is 0. The van der Waals surface area contributed by atoms with Gasteiger partial charge in [0, 0.05) is 12.3 Å². The number of carbonyl (C=O) groups excluding carboxylic acids is 1. The van der Waals surface area contributed by atoms with Crippen LogP contribution < -0.4 is 5.32 Å². The van der Waals surface area contributed by atoms with Gasteiger partial charge in [-0.25, -0.2) is 0 Å². The molecule has 1 atom stereocenters. The van der Waals surface area contributed by atoms with E-state index in [2.05, 4.69) is 15.5 Å². The van der Waals surface area contributed by atoms with Gasteiger partial charge in [0.2, 0.25) is 5.91 Å². The number of carbonyl (C=O) groups is 1. The van der Waals surface area contributed by atoms with Crippen molar-refractivity contribution in [1.29, 1.82) is 0 Å². The van der Waals surface area contributed by atoms with Crippen LogP contribution in [0.1, 0.15) is 24.2 Å². The van der Waals surface area contributed by atoms with E-state index in [1.165, 1.54) is 4.68 Å². The van der Waals surface area contributed by atoms with E-state index in [0.717, 1.165) is 11.8 Å². The second kappa shape index (κ2) is 7.99. The monoisotopic (exact) mass is 422 g/mol. The van der Waals surface area contributed by atoms with Gasteiger partial charge in [0.1, 0.15) is 17.9 Å². The van der Waals surface area contributed by atoms with Crippen molar-refractivity contribution >= 4 is 40.6 Å². The lowest BCUT2D eigenvalue weighted by Gasteiger charge is -2.12. The lowest BCUT2D eigenvalue weighted by Crippen LogP contribution is -2.25. The second-order valence-corrected chi connectivity index (χ2v) is 6.94. The van der Waals surface area contributed by atoms with E-state index in [1.807, 2.05) is 6.07 Å². The number of nitro groups is 1. The zero-order valence-corrected chi connectivity index (χ0v) is 16.5. The van der Waals surface area contributed by atoms with E-state index in [9.17, 15) is 14.9 Å². The van der Waals surface area contributed by atoms with Crippen LogP contribution in [0, 0.1) is 17.0 Å². The molecule has 0 aliphatic carbocycles. The minimum atomic E-state index is -0.742. The Labute approximate surface area is 170 Å². The van der Waals surface area contributed by atoms with Crippen LogP contribution in [0.5, 0.6) is 0 Å². The molecule has 0 fully saturated rings. The van der Waals surface area contributed by atoms with Gasteiger partial charge in [-0.3, -0.25) is 24.3 Å². The van der Waals surface area contributed by atoms with Gasteiger partial charge in [-0.15, -0.1) is 0 Å². The molecule has 1 unspecified atom stereocenters. The maximum atomic E-state index is 12.5. The molecule has 0 aliphatic heterocycles. The van der Waals surface area contributed by atoms with Crippen molar-refractivity contribution < 1.29 is 9.72 Å². The number of nitrogens with zero attached hydrogens (tertiary/aromatic N) is 5. The van der Waals surface area contributed by atoms with Crippen LogP contribution in [0.25, 0.3) is 0 Å². The minimum Gasteiger partial charge on any atom is -0.307 e. The van der Waals surface area contributed by atoms with Gasteiger partial charge >= 0.3 is 5.69 Å². The summed E-state index contributed by atoms with van der Waals surface area (Å²) in [6, 6.07) is 6.20. The molecule has 0 bridgehead atoms. The summed E-state index contributed by atoms with van der Waals surface area (Å²) in [5.74, 6) is -0.0305. The van der Waals surface area contributed by atoms with Crippen LogP contribution in [0.3, 0.4) is 0 Å². The molecule has 0 saturated heterocycles. The van der Waals surface area contributed by atoms with Crippen molar-refractivity contribution in [2.45, 2.75) is 26.4 Å². The molecular formula is C17H16Cl2N6O3. The van der Waals surface area contributed by atoms with E-state index >= 15 is 0 Å². The van der Waals surface area contributed by atoms with Crippen molar-refractivity contribution in [3.8, 4) is 0 Å². The Bertz CT molecular complexity index is 1050. The highest BCUT2D eigenvalue weighted by molar-refractivity contribution is 6.42. The first-order chi connectivity index (χ1) is 13.3. The van der Waals surface area contributed by atoms with E-state index < -0.39 is 11.0 Å². The van der Waals surface area contributed by atoms with E-state index in [1.54, 1.807) is 42.9 Å². The van der Waals surface area contributed by atoms with Crippen LogP contribution in [0.2, 0.25) is 10.0 Å². The zero-order chi connectivity index (χ0) is 20.4. The molecule has 28 heavy (non-hydrogen) atoms. The molecule has 1 aromatic carbocycles. The summed E-state index contributed by atoms with van der Waals surface area (Å²) in [4.78, 5) is 22.9. The highest BCUT2D eigenvalue weighted by atomic mass is 35.5. The normalized spacial score (nSPS) is 12.0. The van der Waals surface area contributed by atoms with E-state index in [-0.39, 0.29) is 11.6 Å². The number of nitrogens with one attached hydrogen (secondary N) is 1. The van der Waals surface area contributed by atoms with Gasteiger partial charge in [0.15, 0.2) is 5.82 Å². The highest BCUT2D eigenvalue weighted by Crippen LogP contribution is 2.23. The average molecular weight is 423 g/mol. The van der Waals surface area contributed by atoms with Crippen molar-refractivity contribution in [2.75, 3.05) is 5.32 Å². The summed E-state index contributed by atoms with van der Waals surface area (Å²) < 4.78 is 2.95. The number of anilines is 1. The fourth-order valence-electron chi connectivity index (χ4n) is 2.67. The number of rotatable bonds is 6. The smallest absolute Gasteiger partial charge is 0.307 e. The molecule has 0 radical (unpaired) electrons. The van der Waals surface area contributed by atoms with E-state index in [0.29, 0.717) is 28.1 Å². The molecule has 0 saturated carbocycles. The van der Waals surface area contributed by atoms with Gasteiger partial charge in [-0.1, -0.05) is 29.3 Å². The summed E-state index contributed by atoms with van der Waals surface area (Å²) in [5, 5.41) is 22.8. The third-order valence-electron chi connectivity index (χ3n) is 4.18. The predicted octanol–water partition coefficient (Wildman–Crippen LogP) is 3.85. The third-order valence-corrected chi connectivity index (χ3v) is 4.92. The first-order valence-corrected chi connectivity index (χ1v) is 8.98. The van der Waals surface area contributed by atoms with Crippen molar-refractivity contribution in [3.63, 3.8) is 0 Å². The lowest BCUT2D eigenvalue weighted by molar-refractivity contribution is -0.385. The average Bonchev–Trinajstić information content (AvgIpc) is 3.24. The maximum absolute atomic E-state index is 12.5. The molecule has 0 spiro atoms. The Morgan fingerprint density at radius 3 is 2.71 bits per heavy atom. The van der Waals surface area contributed by atoms with Crippen LogP contribution in [0.15, 0.2) is 36.7 Å². The fourth-order valence-corrected chi connectivity index (χ4v) is 2.99. The maximum Gasteiger partial charge on any atom is 0.309 e. The molecular weight excluding hydrogens is 407 g/mol. The molecule has 11 heteroatoms. The third kappa shape index (κ3) is 4.15. The molecule has 9 nitrogen and oxygen atoms in total. The van der Waals surface area contributed by atoms with Crippen LogP contribution in [-0.2, 0) is 11.3 Å². The minimum absolute atomic E-state index is 0.134. The first kappa shape index (κ1) is 19.8. The molecule has 0 aliphatic rings. The van der Waals surface area contributed by atoms with Crippen LogP contribution in [0.4, 0.5) is 11.5 Å². The number of hydrogen-bond donors (Lipinski definition) is 1. The Morgan fingerprint density at radius 1 is 1.32 bits per heavy atom. The molecule has 1 N–H and O–H groups in total. The van der Waals surface area contributed by atoms with Gasteiger partial charge in [-0.05, 0) is 31.5 Å². The zero-order valence-electron chi connectivity index (χ0n) is 15.0. The summed E-state index contributed by atoms with van der Waals surface area (Å²) in [5.41, 5.74) is 1.08. The molecule has 2 aromatic heterocycles. The number of hydrogen-bond acceptors (Lipinski definition) is 5. The SMILES string of the molecule is Cc1c([N+](=O)[O-])cnn1C(C)C(=O)Nc1ccn(Cc2ccc(Cl)c(Cl)c2)n1. The largest absolute Gasteiger partial charge is 0.309 e. The topological polar surface area (TPSA) is 108 Å². The standard InChI is InChI=1S/C17H16Cl2N6O3/c1-10-15(25(27)28)8-20-24(10)11(2)17(26)21-16-5-6-23(22-16)9-12-3-4-13(18)14(19)7-12/h3-8,11H,9H2,1-2H3,(H,21,22,26). The molecule has 3 aromatic rings. The van der Waals surface area contributed by atoms with Gasteiger partial charge in [-0.2, -0.15) is 10.2 Å². The van der Waals surface area contributed by atoms with E-state index in [4.69, 9.17) is 23.2 Å². The number of amides is 1. The second-order valence-electron chi connectivity index (χ2n) is 6.13. The Hall–Kier alpha value is -2.91. The Morgan fingerprint density at radius 2 is 2.07 bits per heavy atom. The summed E-state index contributed by atoms with van der Waals surface area (Å²) in [6.45, 7) is 3.60. The van der Waals surface area contributed by atoms with Gasteiger partial charge in [0.05, 0.1) is 21.5 Å². The van der Waals surface area contributed by atoms with Gasteiger partial charge in [0.25, 0.3) is 0 Å². The van der Waals surface area contributed by atoms with Crippen molar-refractivity contribution in [1.82, 2.24) is 19.6 Å². The van der Waals surface area contributed by atoms with Crippen molar-refractivity contribution in [3.05, 3.63) is 68.1 Å². The predicted molar refractivity (Wildman–Crippen MR) is 105 cm³/mol. The first-order valence-electron chi connectivity index (χ1n) is 8.23. The highest BCUT2D eigenvalue weighted by Gasteiger charge is 2.24. The van der Waals surface area contributed by atoms with Crippen LogP contribution in [-0.4, -0.2) is 30.4 Å². The number of halogens is 2. The summed E-state index contributed by atoms with van der Waals surface area (Å²) in [6.07, 6.45) is 2.85. The molecule has 2 heterocycles. The molecule has 146 valence electrons. The Kier molecular flexibility index (Phi) is 5.66.